The van der Waals surface area contributed by atoms with Crippen LogP contribution in [0.4, 0.5) is 19.4 Å². The molecule has 0 spiro atoms. The van der Waals surface area contributed by atoms with Gasteiger partial charge in [-0.3, -0.25) is 0 Å². The molecule has 3 aromatic carbocycles. The molecular formula is C17H11F5O2S. The van der Waals surface area contributed by atoms with Crippen LogP contribution in [0.2, 0.25) is 0 Å². The normalized spacial score (nSPS) is 14.8. The first kappa shape index (κ1) is 17.2. The van der Waals surface area contributed by atoms with Crippen LogP contribution in [0.15, 0.2) is 65.6 Å². The monoisotopic (exact) mass is 374 g/mol. The Morgan fingerprint density at radius 2 is 1.48 bits per heavy atom. The molecule has 0 saturated carbocycles. The summed E-state index contributed by atoms with van der Waals surface area (Å²) in [5, 5.41) is 10.2. The van der Waals surface area contributed by atoms with Crippen molar-refractivity contribution in [2.24, 2.45) is 0 Å². The van der Waals surface area contributed by atoms with Gasteiger partial charge in [-0.25, -0.2) is 4.79 Å². The molecule has 25 heavy (non-hydrogen) atoms. The molecule has 8 heteroatoms. The van der Waals surface area contributed by atoms with Gasteiger partial charge in [0.2, 0.25) is 0 Å². The second-order valence-corrected chi connectivity index (χ2v) is 7.95. The summed E-state index contributed by atoms with van der Waals surface area (Å²) < 4.78 is 64.0. The van der Waals surface area contributed by atoms with E-state index in [-0.39, 0.29) is 5.56 Å². The molecule has 3 rings (SSSR count). The van der Waals surface area contributed by atoms with Crippen molar-refractivity contribution in [3.05, 3.63) is 66.2 Å². The Hall–Kier alpha value is -2.61. The zero-order chi connectivity index (χ0) is 18.5. The van der Waals surface area contributed by atoms with Gasteiger partial charge in [-0.05, 0) is 46.2 Å². The smallest absolute Gasteiger partial charge is 0.335 e. The van der Waals surface area contributed by atoms with E-state index in [4.69, 9.17) is 5.11 Å². The Morgan fingerprint density at radius 3 is 2.04 bits per heavy atom. The SMILES string of the molecule is O=C(O)c1ccc2c(-c3ccc(S(F)(F)(F)(F)F)cc3)cccc2c1. The number of carboxylic acid groups (broad SMARTS) is 1. The molecule has 3 aromatic rings. The molecule has 0 bridgehead atoms. The lowest BCUT2D eigenvalue weighted by molar-refractivity contribution is 0.0697. The van der Waals surface area contributed by atoms with Gasteiger partial charge in [0.15, 0.2) is 0 Å². The molecule has 0 aliphatic rings. The summed E-state index contributed by atoms with van der Waals surface area (Å²) in [6.07, 6.45) is 0. The fourth-order valence-electron chi connectivity index (χ4n) is 2.56. The number of aromatic carboxylic acids is 1. The zero-order valence-corrected chi connectivity index (χ0v) is 13.2. The van der Waals surface area contributed by atoms with E-state index in [1.54, 1.807) is 18.2 Å². The number of halogens is 5. The first-order valence-electron chi connectivity index (χ1n) is 6.96. The lowest BCUT2D eigenvalue weighted by atomic mass is 9.97. The van der Waals surface area contributed by atoms with Crippen LogP contribution in [0.1, 0.15) is 10.4 Å². The van der Waals surface area contributed by atoms with E-state index in [2.05, 4.69) is 0 Å². The third-order valence-electron chi connectivity index (χ3n) is 3.74. The Bertz CT molecular complexity index is 996. The van der Waals surface area contributed by atoms with Crippen LogP contribution in [0, 0.1) is 0 Å². The van der Waals surface area contributed by atoms with Crippen molar-refractivity contribution in [3.8, 4) is 11.1 Å². The van der Waals surface area contributed by atoms with Gasteiger partial charge in [0.1, 0.15) is 4.90 Å². The number of benzene rings is 3. The number of carbonyl (C=O) groups is 1. The molecule has 0 saturated heterocycles. The highest BCUT2D eigenvalue weighted by molar-refractivity contribution is 8.45. The average Bonchev–Trinajstić information content (AvgIpc) is 2.51. The second kappa shape index (κ2) is 4.72. The van der Waals surface area contributed by atoms with Gasteiger partial charge >= 0.3 is 16.2 Å². The summed E-state index contributed by atoms with van der Waals surface area (Å²) in [7, 11) is -9.70. The number of carboxylic acids is 1. The van der Waals surface area contributed by atoms with Gasteiger partial charge in [-0.2, -0.15) is 0 Å². The lowest BCUT2D eigenvalue weighted by Crippen LogP contribution is -2.05. The van der Waals surface area contributed by atoms with Crippen LogP contribution in [0.3, 0.4) is 0 Å². The van der Waals surface area contributed by atoms with Crippen molar-refractivity contribution in [3.63, 3.8) is 0 Å². The van der Waals surface area contributed by atoms with Gasteiger partial charge < -0.3 is 5.11 Å². The minimum Gasteiger partial charge on any atom is -0.478 e. The van der Waals surface area contributed by atoms with Gasteiger partial charge in [0.25, 0.3) is 0 Å². The van der Waals surface area contributed by atoms with Crippen molar-refractivity contribution in [2.75, 3.05) is 0 Å². The highest BCUT2D eigenvalue weighted by atomic mass is 32.5. The van der Waals surface area contributed by atoms with E-state index in [1.807, 2.05) is 0 Å². The molecule has 0 aliphatic heterocycles. The molecule has 0 heterocycles. The van der Waals surface area contributed by atoms with E-state index in [1.165, 1.54) is 18.2 Å². The second-order valence-electron chi connectivity index (χ2n) is 5.54. The molecule has 0 aliphatic carbocycles. The first-order valence-corrected chi connectivity index (χ1v) is 8.91. The van der Waals surface area contributed by atoms with Gasteiger partial charge in [0.05, 0.1) is 5.56 Å². The third-order valence-corrected chi connectivity index (χ3v) is 4.90. The van der Waals surface area contributed by atoms with Gasteiger partial charge in [0, 0.05) is 0 Å². The average molecular weight is 374 g/mol. The Labute approximate surface area is 139 Å². The first-order chi connectivity index (χ1) is 11.3. The summed E-state index contributed by atoms with van der Waals surface area (Å²) in [5.74, 6) is -1.10. The predicted molar refractivity (Wildman–Crippen MR) is 87.7 cm³/mol. The molecule has 0 amide bonds. The molecule has 132 valence electrons. The third kappa shape index (κ3) is 3.43. The van der Waals surface area contributed by atoms with Crippen LogP contribution < -0.4 is 0 Å². The maximum absolute atomic E-state index is 12.8. The van der Waals surface area contributed by atoms with Crippen LogP contribution >= 0.6 is 10.2 Å². The molecule has 0 unspecified atom stereocenters. The van der Waals surface area contributed by atoms with Crippen molar-refractivity contribution in [2.45, 2.75) is 4.90 Å². The number of hydrogen-bond acceptors (Lipinski definition) is 1. The molecule has 1 N–H and O–H groups in total. The topological polar surface area (TPSA) is 37.3 Å². The molecule has 0 radical (unpaired) electrons. The minimum atomic E-state index is -9.70. The van der Waals surface area contributed by atoms with E-state index in [0.717, 1.165) is 12.1 Å². The van der Waals surface area contributed by atoms with Crippen molar-refractivity contribution < 1.29 is 29.3 Å². The highest BCUT2D eigenvalue weighted by Crippen LogP contribution is 3.02. The molecule has 0 atom stereocenters. The summed E-state index contributed by atoms with van der Waals surface area (Å²) in [4.78, 5) is 9.07. The number of fused-ring (bicyclic) bond motifs is 1. The summed E-state index contributed by atoms with van der Waals surface area (Å²) in [5.41, 5.74) is 0.906. The summed E-state index contributed by atoms with van der Waals surface area (Å²) >= 11 is 0. The predicted octanol–water partition coefficient (Wildman–Crippen LogP) is 6.86. The fourth-order valence-corrected chi connectivity index (χ4v) is 3.21. The fraction of sp³-hybridized carbons (Fsp3) is 0. The lowest BCUT2D eigenvalue weighted by Gasteiger charge is -2.40. The maximum atomic E-state index is 12.8. The van der Waals surface area contributed by atoms with Crippen molar-refractivity contribution in [1.82, 2.24) is 0 Å². The molecule has 0 fully saturated rings. The van der Waals surface area contributed by atoms with E-state index >= 15 is 0 Å². The van der Waals surface area contributed by atoms with Gasteiger partial charge in [-0.15, -0.1) is 0 Å². The standard InChI is InChI=1S/C17H11F5O2S/c18-25(19,20,21,22)14-7-4-11(5-8-14)15-3-1-2-12-10-13(17(23)24)6-9-16(12)15/h1-10H,(H,23,24). The largest absolute Gasteiger partial charge is 0.478 e. The van der Waals surface area contributed by atoms with E-state index in [9.17, 15) is 24.2 Å². The quantitative estimate of drug-likeness (QED) is 0.508. The Balaban J connectivity index is 2.13. The Kier molecular flexibility index (Phi) is 3.25. The minimum absolute atomic E-state index is 0.0703. The van der Waals surface area contributed by atoms with Crippen molar-refractivity contribution >= 4 is 27.0 Å². The zero-order valence-electron chi connectivity index (χ0n) is 12.4. The molecule has 2 nitrogen and oxygen atoms in total. The Morgan fingerprint density at radius 1 is 0.840 bits per heavy atom. The van der Waals surface area contributed by atoms with Crippen molar-refractivity contribution in [1.29, 1.82) is 0 Å². The molecule has 0 aromatic heterocycles. The van der Waals surface area contributed by atoms with E-state index < -0.39 is 21.1 Å². The number of rotatable bonds is 3. The van der Waals surface area contributed by atoms with Gasteiger partial charge in [-0.1, -0.05) is 55.8 Å². The maximum Gasteiger partial charge on any atom is 0.335 e. The van der Waals surface area contributed by atoms with Crippen LogP contribution in [0.5, 0.6) is 0 Å². The van der Waals surface area contributed by atoms with Crippen LogP contribution in [-0.4, -0.2) is 11.1 Å². The molecular weight excluding hydrogens is 363 g/mol. The van der Waals surface area contributed by atoms with Crippen LogP contribution in [0.25, 0.3) is 21.9 Å². The summed E-state index contributed by atoms with van der Waals surface area (Å²) in [6, 6.07) is 11.9. The highest BCUT2D eigenvalue weighted by Gasteiger charge is 2.65. The van der Waals surface area contributed by atoms with E-state index in [0.29, 0.717) is 34.0 Å². The van der Waals surface area contributed by atoms with Crippen LogP contribution in [-0.2, 0) is 0 Å². The summed E-state index contributed by atoms with van der Waals surface area (Å²) in [6.45, 7) is 0. The number of hydrogen-bond donors (Lipinski definition) is 1.